The number of ether oxygens (including phenoxy) is 1. The fourth-order valence-corrected chi connectivity index (χ4v) is 4.38. The van der Waals surface area contributed by atoms with Crippen molar-refractivity contribution < 1.29 is 19.4 Å². The number of aliphatic carboxylic acids is 1. The Morgan fingerprint density at radius 2 is 1.50 bits per heavy atom. The van der Waals surface area contributed by atoms with Crippen molar-refractivity contribution in [1.82, 2.24) is 5.32 Å². The van der Waals surface area contributed by atoms with E-state index >= 15 is 0 Å². The molecule has 0 aliphatic heterocycles. The third-order valence-corrected chi connectivity index (χ3v) is 6.12. The van der Waals surface area contributed by atoms with Crippen LogP contribution in [-0.2, 0) is 9.53 Å². The van der Waals surface area contributed by atoms with E-state index in [4.69, 9.17) is 4.74 Å². The first-order valence-corrected chi connectivity index (χ1v) is 11.1. The summed E-state index contributed by atoms with van der Waals surface area (Å²) in [5.41, 5.74) is 5.59. The van der Waals surface area contributed by atoms with Gasteiger partial charge in [0, 0.05) is 25.2 Å². The minimum atomic E-state index is -1.06. The quantitative estimate of drug-likeness (QED) is 0.433. The van der Waals surface area contributed by atoms with Crippen LogP contribution in [0.1, 0.15) is 29.9 Å². The number of fused-ring (bicyclic) bond motifs is 3. The second-order valence-electron chi connectivity index (χ2n) is 8.26. The summed E-state index contributed by atoms with van der Waals surface area (Å²) < 4.78 is 5.49. The summed E-state index contributed by atoms with van der Waals surface area (Å²) in [7, 11) is 1.96. The Labute approximate surface area is 206 Å². The molecule has 0 fully saturated rings. The van der Waals surface area contributed by atoms with E-state index in [0.717, 1.165) is 27.9 Å². The largest absolute Gasteiger partial charge is 0.480 e. The number of nitrogens with zero attached hydrogens (tertiary/aromatic N) is 1. The van der Waals surface area contributed by atoms with E-state index < -0.39 is 18.1 Å². The molecule has 0 bridgehead atoms. The molecule has 34 heavy (non-hydrogen) atoms. The molecule has 4 rings (SSSR count). The van der Waals surface area contributed by atoms with Gasteiger partial charge in [0.05, 0.1) is 0 Å². The lowest BCUT2D eigenvalue weighted by Gasteiger charge is -2.21. The Balaban J connectivity index is 0.00000324. The first-order chi connectivity index (χ1) is 16.0. The number of hydrogen-bond acceptors (Lipinski definition) is 4. The van der Waals surface area contributed by atoms with Gasteiger partial charge in [-0.15, -0.1) is 12.4 Å². The number of nitrogens with one attached hydrogen (secondary N) is 1. The van der Waals surface area contributed by atoms with Crippen LogP contribution >= 0.6 is 12.4 Å². The lowest BCUT2D eigenvalue weighted by Crippen LogP contribution is -2.41. The fraction of sp³-hybridized carbons (Fsp3) is 0.259. The molecular weight excluding hydrogens is 452 g/mol. The van der Waals surface area contributed by atoms with E-state index in [0.29, 0.717) is 19.4 Å². The molecule has 0 aromatic heterocycles. The first kappa shape index (κ1) is 25.1. The molecule has 6 nitrogen and oxygen atoms in total. The lowest BCUT2D eigenvalue weighted by molar-refractivity contribution is -0.139. The van der Waals surface area contributed by atoms with Crippen molar-refractivity contribution in [3.63, 3.8) is 0 Å². The molecule has 7 heteroatoms. The number of benzene rings is 3. The SMILES string of the molecule is CN(CCC[C@H](NC(=O)OCC1c2ccccc2-c2ccccc21)C(=O)O)c1ccccc1.Cl. The minimum Gasteiger partial charge on any atom is -0.480 e. The Morgan fingerprint density at radius 1 is 0.941 bits per heavy atom. The van der Waals surface area contributed by atoms with E-state index in [2.05, 4.69) is 22.3 Å². The number of carbonyl (C=O) groups is 2. The third kappa shape index (κ3) is 5.69. The van der Waals surface area contributed by atoms with Gasteiger partial charge in [0.15, 0.2) is 0 Å². The Kier molecular flexibility index (Phi) is 8.55. The van der Waals surface area contributed by atoms with Gasteiger partial charge in [-0.3, -0.25) is 0 Å². The van der Waals surface area contributed by atoms with Gasteiger partial charge in [0.2, 0.25) is 0 Å². The molecule has 2 N–H and O–H groups in total. The van der Waals surface area contributed by atoms with Crippen molar-refractivity contribution in [2.45, 2.75) is 24.8 Å². The van der Waals surface area contributed by atoms with Crippen LogP contribution in [0.3, 0.4) is 0 Å². The van der Waals surface area contributed by atoms with Crippen LogP contribution < -0.4 is 10.2 Å². The molecular formula is C27H29ClN2O4. The monoisotopic (exact) mass is 480 g/mol. The average Bonchev–Trinajstić information content (AvgIpc) is 3.16. The molecule has 0 heterocycles. The molecule has 1 amide bonds. The van der Waals surface area contributed by atoms with Crippen molar-refractivity contribution in [1.29, 1.82) is 0 Å². The molecule has 3 aromatic carbocycles. The van der Waals surface area contributed by atoms with Crippen LogP contribution in [-0.4, -0.2) is 43.4 Å². The van der Waals surface area contributed by atoms with Gasteiger partial charge in [-0.2, -0.15) is 0 Å². The standard InChI is InChI=1S/C27H28N2O4.ClH/c1-29(19-10-3-2-4-11-19)17-9-16-25(26(30)31)28-27(32)33-18-24-22-14-7-5-12-20(22)21-13-6-8-15-23(21)24;/h2-8,10-15,24-25H,9,16-18H2,1H3,(H,28,32)(H,30,31);1H/t25-;/m0./s1. The minimum absolute atomic E-state index is 0. The zero-order valence-electron chi connectivity index (χ0n) is 19.0. The maximum atomic E-state index is 12.5. The highest BCUT2D eigenvalue weighted by molar-refractivity contribution is 5.85. The summed E-state index contributed by atoms with van der Waals surface area (Å²) in [6.07, 6.45) is 0.226. The number of halogens is 1. The number of carboxylic acid groups (broad SMARTS) is 1. The summed E-state index contributed by atoms with van der Waals surface area (Å²) in [5, 5.41) is 12.1. The summed E-state index contributed by atoms with van der Waals surface area (Å²) >= 11 is 0. The maximum absolute atomic E-state index is 12.5. The number of amides is 1. The van der Waals surface area contributed by atoms with Gasteiger partial charge in [-0.05, 0) is 47.2 Å². The second-order valence-corrected chi connectivity index (χ2v) is 8.26. The molecule has 1 aliphatic carbocycles. The smallest absolute Gasteiger partial charge is 0.407 e. The summed E-state index contributed by atoms with van der Waals surface area (Å²) in [4.78, 5) is 26.2. The fourth-order valence-electron chi connectivity index (χ4n) is 4.38. The van der Waals surface area contributed by atoms with Crippen molar-refractivity contribution in [3.8, 4) is 11.1 Å². The van der Waals surface area contributed by atoms with E-state index in [1.165, 1.54) is 0 Å². The Bertz CT molecular complexity index is 1080. The third-order valence-electron chi connectivity index (χ3n) is 6.12. The van der Waals surface area contributed by atoms with Crippen LogP contribution in [0.2, 0.25) is 0 Å². The topological polar surface area (TPSA) is 78.9 Å². The summed E-state index contributed by atoms with van der Waals surface area (Å²) in [5.74, 6) is -1.13. The van der Waals surface area contributed by atoms with Gasteiger partial charge >= 0.3 is 12.1 Å². The predicted molar refractivity (Wildman–Crippen MR) is 136 cm³/mol. The number of carbonyl (C=O) groups excluding carboxylic acids is 1. The zero-order valence-corrected chi connectivity index (χ0v) is 19.8. The highest BCUT2D eigenvalue weighted by atomic mass is 35.5. The second kappa shape index (κ2) is 11.6. The first-order valence-electron chi connectivity index (χ1n) is 11.1. The van der Waals surface area contributed by atoms with Crippen LogP contribution in [0.15, 0.2) is 78.9 Å². The van der Waals surface area contributed by atoms with Crippen LogP contribution in [0.5, 0.6) is 0 Å². The van der Waals surface area contributed by atoms with Crippen molar-refractivity contribution in [2.75, 3.05) is 25.1 Å². The maximum Gasteiger partial charge on any atom is 0.407 e. The van der Waals surface area contributed by atoms with Gasteiger partial charge < -0.3 is 20.1 Å². The van der Waals surface area contributed by atoms with E-state index in [-0.39, 0.29) is 24.9 Å². The molecule has 0 radical (unpaired) electrons. The van der Waals surface area contributed by atoms with E-state index in [9.17, 15) is 14.7 Å². The number of alkyl carbamates (subject to hydrolysis) is 1. The molecule has 1 aliphatic rings. The molecule has 0 saturated carbocycles. The van der Waals surface area contributed by atoms with Gasteiger partial charge in [-0.1, -0.05) is 66.7 Å². The van der Waals surface area contributed by atoms with Crippen molar-refractivity contribution in [3.05, 3.63) is 90.0 Å². The number of para-hydroxylation sites is 1. The highest BCUT2D eigenvalue weighted by Crippen LogP contribution is 2.44. The normalized spacial score (nSPS) is 12.6. The van der Waals surface area contributed by atoms with E-state index in [1.54, 1.807) is 0 Å². The van der Waals surface area contributed by atoms with Gasteiger partial charge in [0.1, 0.15) is 12.6 Å². The molecule has 178 valence electrons. The number of anilines is 1. The zero-order chi connectivity index (χ0) is 23.2. The molecule has 1 atom stereocenters. The van der Waals surface area contributed by atoms with E-state index in [1.807, 2.05) is 73.8 Å². The van der Waals surface area contributed by atoms with Crippen LogP contribution in [0.4, 0.5) is 10.5 Å². The number of carboxylic acids is 1. The van der Waals surface area contributed by atoms with Gasteiger partial charge in [-0.25, -0.2) is 9.59 Å². The predicted octanol–water partition coefficient (Wildman–Crippen LogP) is 5.32. The molecule has 0 saturated heterocycles. The van der Waals surface area contributed by atoms with Gasteiger partial charge in [0.25, 0.3) is 0 Å². The van der Waals surface area contributed by atoms with Crippen LogP contribution in [0, 0.1) is 0 Å². The average molecular weight is 481 g/mol. The van der Waals surface area contributed by atoms with Crippen molar-refractivity contribution in [2.24, 2.45) is 0 Å². The summed E-state index contributed by atoms with van der Waals surface area (Å²) in [6, 6.07) is 25.1. The number of rotatable bonds is 9. The molecule has 0 unspecified atom stereocenters. The molecule has 3 aromatic rings. The summed E-state index contributed by atoms with van der Waals surface area (Å²) in [6.45, 7) is 0.836. The molecule has 0 spiro atoms. The number of hydrogen-bond donors (Lipinski definition) is 2. The van der Waals surface area contributed by atoms with Crippen LogP contribution in [0.25, 0.3) is 11.1 Å². The lowest BCUT2D eigenvalue weighted by atomic mass is 9.98. The Hall–Kier alpha value is -3.51. The van der Waals surface area contributed by atoms with Crippen molar-refractivity contribution >= 4 is 30.2 Å². The highest BCUT2D eigenvalue weighted by Gasteiger charge is 2.29. The Morgan fingerprint density at radius 3 is 2.09 bits per heavy atom.